The van der Waals surface area contributed by atoms with Gasteiger partial charge < -0.3 is 29.3 Å². The maximum absolute atomic E-state index is 15.4. The van der Waals surface area contributed by atoms with Crippen molar-refractivity contribution in [2.45, 2.75) is 61.8 Å². The summed E-state index contributed by atoms with van der Waals surface area (Å²) in [6.07, 6.45) is -2.29. The zero-order chi connectivity index (χ0) is 40.6. The van der Waals surface area contributed by atoms with Gasteiger partial charge in [0.25, 0.3) is 0 Å². The molecule has 0 bridgehead atoms. The lowest BCUT2D eigenvalue weighted by Crippen LogP contribution is -2.49. The van der Waals surface area contributed by atoms with Gasteiger partial charge >= 0.3 is 6.09 Å². The van der Waals surface area contributed by atoms with E-state index in [1.54, 1.807) is 78.5 Å². The van der Waals surface area contributed by atoms with Crippen molar-refractivity contribution < 1.29 is 37.6 Å². The molecule has 4 aromatic carbocycles. The molecule has 1 atom stereocenters. The van der Waals surface area contributed by atoms with Gasteiger partial charge in [-0.15, -0.1) is 22.0 Å². The Bertz CT molecular complexity index is 2150. The number of ether oxygens (including phenoxy) is 3. The van der Waals surface area contributed by atoms with Crippen LogP contribution in [0.1, 0.15) is 37.5 Å². The number of halogens is 1. The highest BCUT2D eigenvalue weighted by molar-refractivity contribution is 14.1. The number of β-amino-alcohol motifs (C(OH)–C–C–N with tert-alkyl or cyclic N) is 1. The first-order valence-corrected chi connectivity index (χ1v) is 20.9. The van der Waals surface area contributed by atoms with E-state index in [4.69, 9.17) is 14.2 Å². The van der Waals surface area contributed by atoms with E-state index in [9.17, 15) is 15.0 Å². The van der Waals surface area contributed by atoms with E-state index in [0.717, 1.165) is 33.4 Å². The summed E-state index contributed by atoms with van der Waals surface area (Å²) in [7, 11) is 0.318. The highest BCUT2D eigenvalue weighted by atomic mass is 127. The molecule has 5 rings (SSSR count). The Labute approximate surface area is 345 Å². The molecule has 56 heavy (non-hydrogen) atoms. The molecule has 5 aromatic rings. The summed E-state index contributed by atoms with van der Waals surface area (Å²) in [5.41, 5.74) is 1.81. The number of benzene rings is 4. The predicted molar refractivity (Wildman–Crippen MR) is 222 cm³/mol. The van der Waals surface area contributed by atoms with Crippen LogP contribution < -0.4 is 14.2 Å². The summed E-state index contributed by atoms with van der Waals surface area (Å²) in [5.74, 6) is 2.06. The minimum absolute atomic E-state index is 0.00302. The molecule has 1 amide bonds. The third kappa shape index (κ3) is 10.7. The fourth-order valence-corrected chi connectivity index (χ4v) is 9.65. The third-order valence-electron chi connectivity index (χ3n) is 8.73. The largest absolute Gasteiger partial charge is 0.497 e. The van der Waals surface area contributed by atoms with E-state index in [1.807, 2.05) is 48.5 Å². The summed E-state index contributed by atoms with van der Waals surface area (Å²) in [5, 5.41) is 34.3. The number of hydrogen-bond acceptors (Lipinski definition) is 11. The van der Waals surface area contributed by atoms with Crippen LogP contribution >= 0.6 is 34.4 Å². The number of aliphatic hydroxyl groups is 1. The van der Waals surface area contributed by atoms with Gasteiger partial charge in [-0.25, -0.2) is 13.2 Å². The van der Waals surface area contributed by atoms with E-state index < -0.39 is 27.8 Å². The molecule has 0 aliphatic heterocycles. The molecule has 0 fully saturated rings. The molecule has 0 spiro atoms. The van der Waals surface area contributed by atoms with Crippen molar-refractivity contribution in [2.24, 2.45) is 0 Å². The van der Waals surface area contributed by atoms with E-state index in [-0.39, 0.29) is 48.2 Å². The quantitative estimate of drug-likeness (QED) is 0.0755. The van der Waals surface area contributed by atoms with Crippen LogP contribution in [0.4, 0.5) is 4.79 Å². The summed E-state index contributed by atoms with van der Waals surface area (Å²) >= 11 is 3.18. The van der Waals surface area contributed by atoms with Crippen molar-refractivity contribution in [1.82, 2.24) is 29.4 Å². The van der Waals surface area contributed by atoms with Gasteiger partial charge in [-0.2, -0.15) is 9.10 Å². The minimum atomic E-state index is -4.40. The molecular formula is C39H45IN6O8S2. The maximum atomic E-state index is 15.4. The summed E-state index contributed by atoms with van der Waals surface area (Å²) in [6.45, 7) is 5.34. The van der Waals surface area contributed by atoms with Crippen LogP contribution in [0, 0.1) is 3.57 Å². The molecular weight excluding hydrogens is 872 g/mol. The highest BCUT2D eigenvalue weighted by Crippen LogP contribution is 2.40. The lowest BCUT2D eigenvalue weighted by molar-refractivity contribution is 0.0636. The van der Waals surface area contributed by atoms with Crippen molar-refractivity contribution in [3.8, 4) is 28.6 Å². The van der Waals surface area contributed by atoms with Gasteiger partial charge in [0.05, 0.1) is 46.1 Å². The summed E-state index contributed by atoms with van der Waals surface area (Å²) < 4.78 is 48.7. The number of rotatable bonds is 17. The Morgan fingerprint density at radius 1 is 0.839 bits per heavy atom. The Morgan fingerprint density at radius 2 is 1.34 bits per heavy atom. The molecule has 14 nitrogen and oxygen atoms in total. The zero-order valence-corrected chi connectivity index (χ0v) is 35.7. The number of amides is 1. The molecule has 298 valence electrons. The Hall–Kier alpha value is -4.43. The standard InChI is InChI=1S/C39H45IN6O8S2/c1-39(2,3)45(38(48)49)24-29(47)25-55-34-20-19-33(40)35(37-41-43-46(42-37)23-28-11-17-32(54-6)18-12-28)36(34)56(50,51)44(21-26-7-13-30(52-4)14-8-26)22-27-9-15-31(53-5)16-10-27/h7-20,29,47H,21-25H2,1-6H3,(H,48,49). The number of sulfonamides is 1. The van der Waals surface area contributed by atoms with Gasteiger partial charge in [0, 0.05) is 32.8 Å². The normalized spacial score (nSPS) is 12.4. The van der Waals surface area contributed by atoms with Crippen LogP contribution in [-0.4, -0.2) is 99.4 Å². The van der Waals surface area contributed by atoms with Gasteiger partial charge in [-0.1, -0.05) is 36.4 Å². The Morgan fingerprint density at radius 3 is 1.80 bits per heavy atom. The fourth-order valence-electron chi connectivity index (χ4n) is 5.73. The van der Waals surface area contributed by atoms with Gasteiger partial charge in [0.2, 0.25) is 15.8 Å². The van der Waals surface area contributed by atoms with Crippen molar-refractivity contribution >= 4 is 50.5 Å². The van der Waals surface area contributed by atoms with Crippen LogP contribution in [-0.2, 0) is 29.7 Å². The van der Waals surface area contributed by atoms with Crippen LogP contribution in [0.2, 0.25) is 0 Å². The molecule has 1 aromatic heterocycles. The van der Waals surface area contributed by atoms with Crippen LogP contribution in [0.15, 0.2) is 94.7 Å². The predicted octanol–water partition coefficient (Wildman–Crippen LogP) is 6.64. The topological polar surface area (TPSA) is 169 Å². The van der Waals surface area contributed by atoms with Gasteiger partial charge in [0.1, 0.15) is 22.1 Å². The molecule has 0 aliphatic rings. The van der Waals surface area contributed by atoms with Crippen molar-refractivity contribution in [2.75, 3.05) is 33.6 Å². The van der Waals surface area contributed by atoms with Crippen LogP contribution in [0.3, 0.4) is 0 Å². The molecule has 0 aliphatic carbocycles. The number of carbonyl (C=O) groups is 1. The van der Waals surface area contributed by atoms with Crippen molar-refractivity contribution in [3.05, 3.63) is 105 Å². The van der Waals surface area contributed by atoms with Crippen molar-refractivity contribution in [1.29, 1.82) is 0 Å². The second-order valence-electron chi connectivity index (χ2n) is 13.7. The number of tetrazole rings is 1. The first-order valence-electron chi connectivity index (χ1n) is 17.4. The Kier molecular flexibility index (Phi) is 14.2. The number of thioether (sulfide) groups is 1. The van der Waals surface area contributed by atoms with Gasteiger partial charge in [-0.05, 0) is 114 Å². The van der Waals surface area contributed by atoms with Crippen molar-refractivity contribution in [3.63, 3.8) is 0 Å². The molecule has 0 saturated heterocycles. The SMILES string of the molecule is COc1ccc(CN(Cc2ccc(OC)cc2)S(=O)(=O)c2c(SCC(O)CN(C(=O)O)C(C)(C)C)ccc(I)c2-c2nnn(Cc3ccc(OC)cc3)n2)cc1. The van der Waals surface area contributed by atoms with Gasteiger partial charge in [0.15, 0.2) is 0 Å². The van der Waals surface area contributed by atoms with E-state index in [2.05, 4.69) is 38.0 Å². The molecule has 17 heteroatoms. The number of methoxy groups -OCH3 is 3. The number of carboxylic acid groups (broad SMARTS) is 1. The maximum Gasteiger partial charge on any atom is 0.407 e. The van der Waals surface area contributed by atoms with Crippen LogP contribution in [0.25, 0.3) is 11.4 Å². The van der Waals surface area contributed by atoms with Gasteiger partial charge in [-0.3, -0.25) is 0 Å². The fraction of sp³-hybridized carbons (Fsp3) is 0.333. The number of nitrogens with zero attached hydrogens (tertiary/aromatic N) is 6. The number of aliphatic hydroxyl groups excluding tert-OH is 1. The van der Waals surface area contributed by atoms with E-state index in [1.165, 1.54) is 9.10 Å². The second kappa shape index (κ2) is 18.7. The average molecular weight is 917 g/mol. The molecule has 0 radical (unpaired) electrons. The smallest absolute Gasteiger partial charge is 0.407 e. The third-order valence-corrected chi connectivity index (χ3v) is 12.8. The lowest BCUT2D eigenvalue weighted by atomic mass is 10.1. The average Bonchev–Trinajstić information content (AvgIpc) is 3.64. The van der Waals surface area contributed by atoms with E-state index in [0.29, 0.717) is 25.7 Å². The first kappa shape index (κ1) is 42.7. The molecule has 0 saturated carbocycles. The van der Waals surface area contributed by atoms with Crippen LogP contribution in [0.5, 0.6) is 17.2 Å². The number of aromatic nitrogens is 4. The second-order valence-corrected chi connectivity index (χ2v) is 17.8. The lowest BCUT2D eigenvalue weighted by Gasteiger charge is -2.34. The Balaban J connectivity index is 1.61. The zero-order valence-electron chi connectivity index (χ0n) is 31.9. The summed E-state index contributed by atoms with van der Waals surface area (Å²) in [4.78, 5) is 14.9. The first-order chi connectivity index (χ1) is 26.6. The summed E-state index contributed by atoms with van der Waals surface area (Å²) in [6, 6.07) is 25.2. The molecule has 2 N–H and O–H groups in total. The molecule has 1 unspecified atom stereocenters. The monoisotopic (exact) mass is 916 g/mol. The highest BCUT2D eigenvalue weighted by Gasteiger charge is 2.35. The number of hydrogen-bond donors (Lipinski definition) is 2. The molecule has 1 heterocycles. The minimum Gasteiger partial charge on any atom is -0.497 e. The van der Waals surface area contributed by atoms with E-state index >= 15 is 8.42 Å².